The van der Waals surface area contributed by atoms with Crippen LogP contribution in [0.1, 0.15) is 26.5 Å². The first-order valence-electron chi connectivity index (χ1n) is 10.2. The van der Waals surface area contributed by atoms with E-state index in [0.717, 1.165) is 37.5 Å². The van der Waals surface area contributed by atoms with E-state index >= 15 is 0 Å². The van der Waals surface area contributed by atoms with Crippen molar-refractivity contribution in [3.63, 3.8) is 0 Å². The Kier molecular flexibility index (Phi) is 6.23. The molecule has 33 heavy (non-hydrogen) atoms. The average Bonchev–Trinajstić information content (AvgIpc) is 3.18. The number of carbonyl (C=O) groups is 1. The number of aryl methyl sites for hydroxylation is 2. The van der Waals surface area contributed by atoms with Gasteiger partial charge in [0, 0.05) is 16.6 Å². The molecule has 0 radical (unpaired) electrons. The molecule has 0 unspecified atom stereocenters. The second-order valence-electron chi connectivity index (χ2n) is 7.35. The number of ether oxygens (including phenoxy) is 1. The van der Waals surface area contributed by atoms with Crippen LogP contribution in [0.25, 0.3) is 16.3 Å². The summed E-state index contributed by atoms with van der Waals surface area (Å²) in [5.74, 6) is -0.253. The maximum absolute atomic E-state index is 13.0. The van der Waals surface area contributed by atoms with Crippen LogP contribution in [-0.2, 0) is 6.54 Å². The van der Waals surface area contributed by atoms with Crippen LogP contribution in [0, 0.1) is 13.8 Å². The molecular formula is C24H22N4O4S. The summed E-state index contributed by atoms with van der Waals surface area (Å²) in [6, 6.07) is 14.6. The van der Waals surface area contributed by atoms with Gasteiger partial charge in [-0.05, 0) is 31.5 Å². The number of amides is 1. The Morgan fingerprint density at radius 3 is 2.61 bits per heavy atom. The maximum atomic E-state index is 13.0. The molecule has 8 nitrogen and oxygen atoms in total. The Labute approximate surface area is 193 Å². The summed E-state index contributed by atoms with van der Waals surface area (Å²) in [5, 5.41) is 3.64. The van der Waals surface area contributed by atoms with E-state index in [1.807, 2.05) is 38.1 Å². The van der Waals surface area contributed by atoms with E-state index in [-0.39, 0.29) is 17.8 Å². The molecule has 4 aromatic rings. The molecule has 0 saturated carbocycles. The van der Waals surface area contributed by atoms with Crippen LogP contribution in [0.4, 0.5) is 0 Å². The molecule has 0 aliphatic heterocycles. The largest absolute Gasteiger partial charge is 0.495 e. The third-order valence-electron chi connectivity index (χ3n) is 5.22. The number of thiazole rings is 1. The van der Waals surface area contributed by atoms with Crippen molar-refractivity contribution >= 4 is 17.2 Å². The van der Waals surface area contributed by atoms with Gasteiger partial charge in [-0.2, -0.15) is 0 Å². The Bertz CT molecular complexity index is 1450. The van der Waals surface area contributed by atoms with Gasteiger partial charge in [0.1, 0.15) is 16.3 Å². The summed E-state index contributed by atoms with van der Waals surface area (Å²) in [5.41, 5.74) is 1.65. The fraction of sp³-hybridized carbons (Fsp3) is 0.167. The Balaban J connectivity index is 1.60. The van der Waals surface area contributed by atoms with Crippen LogP contribution >= 0.6 is 11.3 Å². The zero-order valence-corrected chi connectivity index (χ0v) is 19.2. The SMILES string of the molecule is COc1ccccc1-n1c(=O)[nH]cc(C(=O)NCc2sc(-c3ccccc3C)nc2C)c1=O. The first kappa shape index (κ1) is 22.2. The predicted molar refractivity (Wildman–Crippen MR) is 127 cm³/mol. The normalized spacial score (nSPS) is 10.8. The van der Waals surface area contributed by atoms with Crippen molar-refractivity contribution in [3.05, 3.63) is 97.3 Å². The minimum absolute atomic E-state index is 0.179. The minimum atomic E-state index is -0.734. The molecule has 2 aromatic heterocycles. The molecule has 9 heteroatoms. The molecule has 0 aliphatic carbocycles. The Hall–Kier alpha value is -3.98. The van der Waals surface area contributed by atoms with Crippen molar-refractivity contribution in [1.29, 1.82) is 0 Å². The van der Waals surface area contributed by atoms with Crippen molar-refractivity contribution in [2.24, 2.45) is 0 Å². The molecular weight excluding hydrogens is 440 g/mol. The summed E-state index contributed by atoms with van der Waals surface area (Å²) in [4.78, 5) is 46.2. The first-order chi connectivity index (χ1) is 15.9. The number of aromatic nitrogens is 3. The minimum Gasteiger partial charge on any atom is -0.495 e. The topological polar surface area (TPSA) is 106 Å². The molecule has 0 atom stereocenters. The smallest absolute Gasteiger partial charge is 0.333 e. The predicted octanol–water partition coefficient (Wildman–Crippen LogP) is 3.20. The molecule has 0 saturated heterocycles. The second kappa shape index (κ2) is 9.25. The number of H-pyrrole nitrogens is 1. The van der Waals surface area contributed by atoms with Crippen molar-refractivity contribution in [2.45, 2.75) is 20.4 Å². The molecule has 0 aliphatic rings. The van der Waals surface area contributed by atoms with Crippen molar-refractivity contribution in [2.75, 3.05) is 7.11 Å². The van der Waals surface area contributed by atoms with Crippen LogP contribution in [-0.4, -0.2) is 27.6 Å². The van der Waals surface area contributed by atoms with E-state index in [1.165, 1.54) is 18.4 Å². The van der Waals surface area contributed by atoms with Gasteiger partial charge < -0.3 is 15.0 Å². The highest BCUT2D eigenvalue weighted by atomic mass is 32.1. The van der Waals surface area contributed by atoms with Crippen LogP contribution in [0.2, 0.25) is 0 Å². The highest BCUT2D eigenvalue weighted by Gasteiger charge is 2.19. The zero-order chi connectivity index (χ0) is 23.5. The number of nitrogens with one attached hydrogen (secondary N) is 2. The van der Waals surface area contributed by atoms with E-state index in [0.29, 0.717) is 5.75 Å². The maximum Gasteiger partial charge on any atom is 0.333 e. The van der Waals surface area contributed by atoms with E-state index in [2.05, 4.69) is 15.3 Å². The summed E-state index contributed by atoms with van der Waals surface area (Å²) in [6.45, 7) is 4.12. The van der Waals surface area contributed by atoms with E-state index in [9.17, 15) is 14.4 Å². The second-order valence-corrected chi connectivity index (χ2v) is 8.43. The Morgan fingerprint density at radius 1 is 1.12 bits per heavy atom. The van der Waals surface area contributed by atoms with Gasteiger partial charge in [0.2, 0.25) is 0 Å². The monoisotopic (exact) mass is 462 g/mol. The summed E-state index contributed by atoms with van der Waals surface area (Å²) in [6.07, 6.45) is 1.13. The molecule has 168 valence electrons. The molecule has 2 N–H and O–H groups in total. The highest BCUT2D eigenvalue weighted by Crippen LogP contribution is 2.30. The number of hydrogen-bond donors (Lipinski definition) is 2. The van der Waals surface area contributed by atoms with Gasteiger partial charge in [-0.15, -0.1) is 11.3 Å². The lowest BCUT2D eigenvalue weighted by Gasteiger charge is -2.11. The lowest BCUT2D eigenvalue weighted by atomic mass is 10.1. The van der Waals surface area contributed by atoms with Crippen LogP contribution in [0.5, 0.6) is 5.75 Å². The van der Waals surface area contributed by atoms with Crippen LogP contribution in [0.15, 0.2) is 64.3 Å². The van der Waals surface area contributed by atoms with Gasteiger partial charge in [-0.25, -0.2) is 14.3 Å². The zero-order valence-electron chi connectivity index (χ0n) is 18.3. The van der Waals surface area contributed by atoms with Gasteiger partial charge in [-0.1, -0.05) is 36.4 Å². The Morgan fingerprint density at radius 2 is 1.85 bits per heavy atom. The molecule has 0 fully saturated rings. The third kappa shape index (κ3) is 4.35. The standard InChI is InChI=1S/C24H22N4O4S/c1-14-8-4-5-9-16(14)22-27-15(2)20(33-22)13-25-21(29)17-12-26-24(31)28(23(17)30)18-10-6-7-11-19(18)32-3/h4-12H,13H2,1-3H3,(H,25,29)(H,26,31). The summed E-state index contributed by atoms with van der Waals surface area (Å²) in [7, 11) is 1.44. The number of methoxy groups -OCH3 is 1. The summed E-state index contributed by atoms with van der Waals surface area (Å²) < 4.78 is 6.15. The van der Waals surface area contributed by atoms with Gasteiger partial charge in [0.15, 0.2) is 0 Å². The van der Waals surface area contributed by atoms with Crippen molar-refractivity contribution < 1.29 is 9.53 Å². The molecule has 0 spiro atoms. The number of carbonyl (C=O) groups excluding carboxylic acids is 1. The fourth-order valence-electron chi connectivity index (χ4n) is 3.44. The average molecular weight is 463 g/mol. The molecule has 2 aromatic carbocycles. The highest BCUT2D eigenvalue weighted by molar-refractivity contribution is 7.15. The lowest BCUT2D eigenvalue weighted by Crippen LogP contribution is -2.39. The van der Waals surface area contributed by atoms with Gasteiger partial charge in [0.25, 0.3) is 11.5 Å². The van der Waals surface area contributed by atoms with E-state index in [1.54, 1.807) is 24.3 Å². The number of hydrogen-bond acceptors (Lipinski definition) is 6. The van der Waals surface area contributed by atoms with E-state index in [4.69, 9.17) is 4.74 Å². The van der Waals surface area contributed by atoms with Crippen molar-refractivity contribution in [1.82, 2.24) is 19.9 Å². The molecule has 0 bridgehead atoms. The quantitative estimate of drug-likeness (QED) is 0.458. The summed E-state index contributed by atoms with van der Waals surface area (Å²) >= 11 is 1.49. The lowest BCUT2D eigenvalue weighted by molar-refractivity contribution is 0.0949. The number of rotatable bonds is 6. The molecule has 2 heterocycles. The fourth-order valence-corrected chi connectivity index (χ4v) is 4.54. The van der Waals surface area contributed by atoms with Gasteiger partial charge >= 0.3 is 5.69 Å². The van der Waals surface area contributed by atoms with Crippen molar-refractivity contribution in [3.8, 4) is 22.0 Å². The number of benzene rings is 2. The molecule has 1 amide bonds. The molecule has 4 rings (SSSR count). The van der Waals surface area contributed by atoms with E-state index < -0.39 is 17.2 Å². The number of aromatic amines is 1. The number of nitrogens with zero attached hydrogens (tertiary/aromatic N) is 2. The first-order valence-corrected chi connectivity index (χ1v) is 11.0. The van der Waals surface area contributed by atoms with Gasteiger partial charge in [0.05, 0.1) is 25.0 Å². The van der Waals surface area contributed by atoms with Crippen LogP contribution in [0.3, 0.4) is 0 Å². The number of para-hydroxylation sites is 2. The van der Waals surface area contributed by atoms with Crippen LogP contribution < -0.4 is 21.3 Å². The van der Waals surface area contributed by atoms with Gasteiger partial charge in [-0.3, -0.25) is 9.59 Å². The third-order valence-corrected chi connectivity index (χ3v) is 6.42.